The second-order valence-corrected chi connectivity index (χ2v) is 17.2. The second kappa shape index (κ2) is 44.2. The Morgan fingerprint density at radius 2 is 0.745 bits per heavy atom. The third-order valence-corrected chi connectivity index (χ3v) is 11.7. The molecule has 4 atom stereocenters. The van der Waals surface area contributed by atoms with Crippen LogP contribution >= 0.6 is 0 Å². The average molecular weight is 780 g/mol. The van der Waals surface area contributed by atoms with Crippen LogP contribution in [0.25, 0.3) is 0 Å². The quantitative estimate of drug-likeness (QED) is 0.0312. The van der Waals surface area contributed by atoms with Crippen LogP contribution in [-0.2, 0) is 4.79 Å². The standard InChI is InChI=1S/C49H97NO5/c1-3-5-7-9-11-13-15-17-18-19-20-21-22-23-24-25-26-27-28-29-30-31-33-35-37-39-41-43-47(53)49(55)50-45(44-51)48(54)46(52)42-40-38-36-34-32-16-14-12-10-8-6-4-2/h34,36,45-48,51-54H,3-33,35,37-44H2,1-2H3,(H,50,55)/b36-34+/t45-,46+,47?,48-/m0/s1. The van der Waals surface area contributed by atoms with E-state index in [9.17, 15) is 25.2 Å². The summed E-state index contributed by atoms with van der Waals surface area (Å²) in [6, 6.07) is -0.996. The number of amides is 1. The molecule has 0 aliphatic carbocycles. The summed E-state index contributed by atoms with van der Waals surface area (Å²) >= 11 is 0. The highest BCUT2D eigenvalue weighted by molar-refractivity contribution is 5.80. The van der Waals surface area contributed by atoms with Crippen molar-refractivity contribution in [2.24, 2.45) is 0 Å². The van der Waals surface area contributed by atoms with Crippen molar-refractivity contribution >= 4 is 5.91 Å². The van der Waals surface area contributed by atoms with Gasteiger partial charge in [-0.25, -0.2) is 0 Å². The number of aliphatic hydroxyl groups excluding tert-OH is 4. The predicted molar refractivity (Wildman–Crippen MR) is 238 cm³/mol. The summed E-state index contributed by atoms with van der Waals surface area (Å²) in [5.74, 6) is -0.589. The number of hydrogen-bond acceptors (Lipinski definition) is 5. The van der Waals surface area contributed by atoms with Gasteiger partial charge in [0, 0.05) is 0 Å². The van der Waals surface area contributed by atoms with Crippen molar-refractivity contribution in [3.8, 4) is 0 Å². The molecule has 6 nitrogen and oxygen atoms in total. The number of unbranched alkanes of at least 4 members (excludes halogenated alkanes) is 34. The van der Waals surface area contributed by atoms with E-state index in [1.54, 1.807) is 0 Å². The largest absolute Gasteiger partial charge is 0.394 e. The van der Waals surface area contributed by atoms with Gasteiger partial charge in [-0.2, -0.15) is 0 Å². The number of carbonyl (C=O) groups is 1. The molecule has 0 aromatic heterocycles. The zero-order chi connectivity index (χ0) is 40.3. The van der Waals surface area contributed by atoms with E-state index in [4.69, 9.17) is 0 Å². The van der Waals surface area contributed by atoms with Gasteiger partial charge < -0.3 is 25.7 Å². The van der Waals surface area contributed by atoms with Gasteiger partial charge in [-0.05, 0) is 38.5 Å². The topological polar surface area (TPSA) is 110 Å². The summed E-state index contributed by atoms with van der Waals surface area (Å²) < 4.78 is 0. The molecule has 0 heterocycles. The fourth-order valence-corrected chi connectivity index (χ4v) is 7.82. The fraction of sp³-hybridized carbons (Fsp3) is 0.939. The highest BCUT2D eigenvalue weighted by Crippen LogP contribution is 2.17. The molecule has 328 valence electrons. The number of aliphatic hydroxyl groups is 4. The fourth-order valence-electron chi connectivity index (χ4n) is 7.82. The van der Waals surface area contributed by atoms with E-state index in [1.165, 1.54) is 199 Å². The molecule has 0 aromatic carbocycles. The third kappa shape index (κ3) is 38.3. The van der Waals surface area contributed by atoms with Crippen LogP contribution in [0.2, 0.25) is 0 Å². The van der Waals surface area contributed by atoms with Crippen LogP contribution in [-0.4, -0.2) is 57.3 Å². The molecule has 0 saturated heterocycles. The molecule has 0 aliphatic heterocycles. The lowest BCUT2D eigenvalue weighted by Gasteiger charge is -2.27. The Hall–Kier alpha value is -0.950. The molecule has 0 fully saturated rings. The summed E-state index contributed by atoms with van der Waals surface area (Å²) in [5, 5.41) is 43.6. The first-order valence-corrected chi connectivity index (χ1v) is 24.6. The Labute approximate surface area is 342 Å². The maximum absolute atomic E-state index is 12.5. The van der Waals surface area contributed by atoms with E-state index < -0.39 is 36.9 Å². The molecular weight excluding hydrogens is 683 g/mol. The smallest absolute Gasteiger partial charge is 0.249 e. The first-order valence-electron chi connectivity index (χ1n) is 24.6. The molecule has 1 unspecified atom stereocenters. The minimum atomic E-state index is -1.28. The number of nitrogens with one attached hydrogen (secondary N) is 1. The molecule has 0 aliphatic rings. The van der Waals surface area contributed by atoms with Crippen molar-refractivity contribution in [3.05, 3.63) is 12.2 Å². The highest BCUT2D eigenvalue weighted by atomic mass is 16.3. The van der Waals surface area contributed by atoms with E-state index in [-0.39, 0.29) is 0 Å². The summed E-state index contributed by atoms with van der Waals surface area (Å²) in [4.78, 5) is 12.5. The minimum absolute atomic E-state index is 0.368. The zero-order valence-corrected chi connectivity index (χ0v) is 36.9. The van der Waals surface area contributed by atoms with Crippen LogP contribution < -0.4 is 5.32 Å². The van der Waals surface area contributed by atoms with Crippen LogP contribution in [0.3, 0.4) is 0 Å². The van der Waals surface area contributed by atoms with Crippen molar-refractivity contribution in [3.63, 3.8) is 0 Å². The van der Waals surface area contributed by atoms with Gasteiger partial charge in [0.2, 0.25) is 5.91 Å². The second-order valence-electron chi connectivity index (χ2n) is 17.2. The molecule has 5 N–H and O–H groups in total. The van der Waals surface area contributed by atoms with Gasteiger partial charge in [-0.3, -0.25) is 4.79 Å². The molecule has 0 spiro atoms. The van der Waals surface area contributed by atoms with E-state index in [1.807, 2.05) is 0 Å². The lowest BCUT2D eigenvalue weighted by molar-refractivity contribution is -0.132. The lowest BCUT2D eigenvalue weighted by Crippen LogP contribution is -2.53. The first-order chi connectivity index (χ1) is 27.0. The molecule has 0 saturated carbocycles. The number of rotatable bonds is 45. The number of carbonyl (C=O) groups excluding carboxylic acids is 1. The average Bonchev–Trinajstić information content (AvgIpc) is 3.19. The molecular formula is C49H97NO5. The monoisotopic (exact) mass is 780 g/mol. The maximum Gasteiger partial charge on any atom is 0.249 e. The van der Waals surface area contributed by atoms with Gasteiger partial charge in [-0.1, -0.05) is 238 Å². The maximum atomic E-state index is 12.5. The van der Waals surface area contributed by atoms with Crippen molar-refractivity contribution in [1.82, 2.24) is 5.32 Å². The molecule has 0 rings (SSSR count). The first kappa shape index (κ1) is 54.0. The predicted octanol–water partition coefficient (Wildman–Crippen LogP) is 13.4. The molecule has 1 amide bonds. The van der Waals surface area contributed by atoms with Crippen LogP contribution in [0.4, 0.5) is 0 Å². The molecule has 0 bridgehead atoms. The van der Waals surface area contributed by atoms with Gasteiger partial charge >= 0.3 is 0 Å². The Morgan fingerprint density at radius 1 is 0.436 bits per heavy atom. The van der Waals surface area contributed by atoms with Gasteiger partial charge in [0.25, 0.3) is 0 Å². The van der Waals surface area contributed by atoms with Crippen molar-refractivity contribution in [2.75, 3.05) is 6.61 Å². The van der Waals surface area contributed by atoms with E-state index in [0.717, 1.165) is 38.5 Å². The summed E-state index contributed by atoms with van der Waals surface area (Å²) in [5.41, 5.74) is 0. The zero-order valence-electron chi connectivity index (χ0n) is 36.9. The van der Waals surface area contributed by atoms with Crippen LogP contribution in [0.5, 0.6) is 0 Å². The SMILES string of the molecule is CCCCCCCCC/C=C/CCC[C@@H](O)[C@@H](O)[C@H](CO)NC(=O)C(O)CCCCCCCCCCCCCCCCCCCCCCCCCCCCC. The third-order valence-electron chi connectivity index (χ3n) is 11.7. The molecule has 6 heteroatoms. The Morgan fingerprint density at radius 3 is 1.09 bits per heavy atom. The Balaban J connectivity index is 3.60. The van der Waals surface area contributed by atoms with Crippen molar-refractivity contribution in [1.29, 1.82) is 0 Å². The van der Waals surface area contributed by atoms with Gasteiger partial charge in [-0.15, -0.1) is 0 Å². The Kier molecular flexibility index (Phi) is 43.4. The molecule has 0 aromatic rings. The van der Waals surface area contributed by atoms with Gasteiger partial charge in [0.15, 0.2) is 0 Å². The number of hydrogen-bond donors (Lipinski definition) is 5. The minimum Gasteiger partial charge on any atom is -0.394 e. The molecule has 55 heavy (non-hydrogen) atoms. The summed E-state index contributed by atoms with van der Waals surface area (Å²) in [7, 11) is 0. The number of allylic oxidation sites excluding steroid dienone is 2. The van der Waals surface area contributed by atoms with E-state index in [2.05, 4.69) is 31.3 Å². The van der Waals surface area contributed by atoms with E-state index >= 15 is 0 Å². The van der Waals surface area contributed by atoms with Gasteiger partial charge in [0.05, 0.1) is 18.8 Å². The van der Waals surface area contributed by atoms with Crippen LogP contribution in [0.15, 0.2) is 12.2 Å². The summed E-state index contributed by atoms with van der Waals surface area (Å²) in [6.07, 6.45) is 49.9. The highest BCUT2D eigenvalue weighted by Gasteiger charge is 2.28. The van der Waals surface area contributed by atoms with Crippen LogP contribution in [0, 0.1) is 0 Å². The van der Waals surface area contributed by atoms with Gasteiger partial charge in [0.1, 0.15) is 12.2 Å². The lowest BCUT2D eigenvalue weighted by atomic mass is 10.00. The summed E-state index contributed by atoms with van der Waals surface area (Å²) in [6.45, 7) is 4.04. The van der Waals surface area contributed by atoms with Crippen molar-refractivity contribution in [2.45, 2.75) is 289 Å². The molecule has 0 radical (unpaired) electrons. The normalized spacial score (nSPS) is 14.1. The van der Waals surface area contributed by atoms with Crippen molar-refractivity contribution < 1.29 is 25.2 Å². The Bertz CT molecular complexity index is 791. The van der Waals surface area contributed by atoms with Crippen LogP contribution in [0.1, 0.15) is 264 Å². The van der Waals surface area contributed by atoms with E-state index in [0.29, 0.717) is 12.8 Å².